The predicted molar refractivity (Wildman–Crippen MR) is 107 cm³/mol. The zero-order valence-electron chi connectivity index (χ0n) is 15.4. The molecule has 27 heavy (non-hydrogen) atoms. The minimum atomic E-state index is -0.400. The fourth-order valence-electron chi connectivity index (χ4n) is 3.11. The smallest absolute Gasteiger partial charge is 0.269 e. The fourth-order valence-corrected chi connectivity index (χ4v) is 3.11. The Morgan fingerprint density at radius 3 is 2.22 bits per heavy atom. The number of aryl methyl sites for hydroxylation is 1. The maximum atomic E-state index is 12.4. The van der Waals surface area contributed by atoms with Crippen molar-refractivity contribution in [2.24, 2.45) is 0 Å². The van der Waals surface area contributed by atoms with E-state index in [2.05, 4.69) is 24.0 Å². The second kappa shape index (κ2) is 8.49. The average Bonchev–Trinajstić information content (AvgIpc) is 2.72. The van der Waals surface area contributed by atoms with E-state index < -0.39 is 4.92 Å². The summed E-state index contributed by atoms with van der Waals surface area (Å²) in [5, 5.41) is 10.7. The first kappa shape index (κ1) is 18.6. The molecule has 0 N–H and O–H groups in total. The molecule has 140 valence electrons. The molecule has 0 aliphatic carbocycles. The summed E-state index contributed by atoms with van der Waals surface area (Å²) >= 11 is 0. The Labute approximate surface area is 158 Å². The van der Waals surface area contributed by atoms with Gasteiger partial charge >= 0.3 is 0 Å². The molecule has 6 nitrogen and oxygen atoms in total. The van der Waals surface area contributed by atoms with Crippen LogP contribution in [0, 0.1) is 10.1 Å². The van der Waals surface area contributed by atoms with Crippen molar-refractivity contribution in [3.05, 3.63) is 75.8 Å². The number of carbonyl (C=O) groups is 1. The van der Waals surface area contributed by atoms with E-state index in [1.807, 2.05) is 23.1 Å². The van der Waals surface area contributed by atoms with Crippen LogP contribution in [0.5, 0.6) is 0 Å². The summed E-state index contributed by atoms with van der Waals surface area (Å²) in [5.41, 5.74) is 3.33. The van der Waals surface area contributed by atoms with E-state index >= 15 is 0 Å². The third-order valence-corrected chi connectivity index (χ3v) is 4.82. The van der Waals surface area contributed by atoms with Gasteiger partial charge in [-0.1, -0.05) is 31.2 Å². The molecule has 1 aliphatic rings. The first-order valence-corrected chi connectivity index (χ1v) is 9.12. The second-order valence-corrected chi connectivity index (χ2v) is 6.51. The zero-order valence-corrected chi connectivity index (χ0v) is 15.4. The van der Waals surface area contributed by atoms with Crippen LogP contribution in [-0.4, -0.2) is 41.9 Å². The van der Waals surface area contributed by atoms with Gasteiger partial charge in [-0.3, -0.25) is 14.9 Å². The number of benzene rings is 2. The van der Waals surface area contributed by atoms with Crippen molar-refractivity contribution in [1.29, 1.82) is 0 Å². The minimum absolute atomic E-state index is 0.0120. The van der Waals surface area contributed by atoms with Crippen molar-refractivity contribution in [3.8, 4) is 0 Å². The Kier molecular flexibility index (Phi) is 5.86. The SMILES string of the molecule is CCc1ccc(/C=C/C(=O)N2CCN(c3ccc([N+](=O)[O-])cc3)CC2)cc1. The van der Waals surface area contributed by atoms with Gasteiger partial charge < -0.3 is 9.80 Å². The van der Waals surface area contributed by atoms with E-state index in [1.54, 1.807) is 18.2 Å². The first-order valence-electron chi connectivity index (χ1n) is 9.12. The Hall–Kier alpha value is -3.15. The third kappa shape index (κ3) is 4.73. The quantitative estimate of drug-likeness (QED) is 0.462. The lowest BCUT2D eigenvalue weighted by atomic mass is 10.1. The third-order valence-electron chi connectivity index (χ3n) is 4.82. The van der Waals surface area contributed by atoms with Crippen LogP contribution in [0.15, 0.2) is 54.6 Å². The second-order valence-electron chi connectivity index (χ2n) is 6.51. The predicted octanol–water partition coefficient (Wildman–Crippen LogP) is 3.52. The summed E-state index contributed by atoms with van der Waals surface area (Å²) in [6.07, 6.45) is 4.48. The number of anilines is 1. The highest BCUT2D eigenvalue weighted by Gasteiger charge is 2.20. The number of piperazine rings is 1. The molecule has 1 fully saturated rings. The Bertz CT molecular complexity index is 821. The summed E-state index contributed by atoms with van der Waals surface area (Å²) in [5.74, 6) is 0.0120. The van der Waals surface area contributed by atoms with Crippen molar-refractivity contribution < 1.29 is 9.72 Å². The molecule has 1 aliphatic heterocycles. The van der Waals surface area contributed by atoms with Gasteiger partial charge in [-0.05, 0) is 35.8 Å². The molecule has 1 heterocycles. The van der Waals surface area contributed by atoms with Gasteiger partial charge in [0.25, 0.3) is 5.69 Å². The maximum absolute atomic E-state index is 12.4. The van der Waals surface area contributed by atoms with Crippen molar-refractivity contribution in [1.82, 2.24) is 4.90 Å². The first-order chi connectivity index (χ1) is 13.1. The van der Waals surface area contributed by atoms with Crippen LogP contribution >= 0.6 is 0 Å². The Morgan fingerprint density at radius 1 is 1.04 bits per heavy atom. The number of carbonyl (C=O) groups excluding carboxylic acids is 1. The van der Waals surface area contributed by atoms with Crippen LogP contribution in [0.1, 0.15) is 18.1 Å². The summed E-state index contributed by atoms with van der Waals surface area (Å²) in [7, 11) is 0. The van der Waals surface area contributed by atoms with Crippen molar-refractivity contribution in [2.75, 3.05) is 31.1 Å². The molecule has 1 saturated heterocycles. The van der Waals surface area contributed by atoms with Gasteiger partial charge in [-0.25, -0.2) is 0 Å². The highest BCUT2D eigenvalue weighted by molar-refractivity contribution is 5.92. The average molecular weight is 365 g/mol. The normalized spacial score (nSPS) is 14.6. The van der Waals surface area contributed by atoms with Crippen LogP contribution < -0.4 is 4.90 Å². The lowest BCUT2D eigenvalue weighted by Crippen LogP contribution is -2.48. The fraction of sp³-hybridized carbons (Fsp3) is 0.286. The number of rotatable bonds is 5. The van der Waals surface area contributed by atoms with Crippen LogP contribution in [0.4, 0.5) is 11.4 Å². The van der Waals surface area contributed by atoms with Gasteiger partial charge in [-0.2, -0.15) is 0 Å². The molecule has 0 radical (unpaired) electrons. The van der Waals surface area contributed by atoms with Crippen LogP contribution in [-0.2, 0) is 11.2 Å². The van der Waals surface area contributed by atoms with Crippen molar-refractivity contribution in [3.63, 3.8) is 0 Å². The van der Waals surface area contributed by atoms with E-state index in [1.165, 1.54) is 17.7 Å². The van der Waals surface area contributed by atoms with Gasteiger partial charge in [0, 0.05) is 50.1 Å². The summed E-state index contributed by atoms with van der Waals surface area (Å²) < 4.78 is 0. The maximum Gasteiger partial charge on any atom is 0.269 e. The molecule has 0 bridgehead atoms. The standard InChI is InChI=1S/C21H23N3O3/c1-2-17-3-5-18(6-4-17)7-12-21(25)23-15-13-22(14-16-23)19-8-10-20(11-9-19)24(26)27/h3-12H,2,13-16H2,1H3/b12-7+. The molecule has 0 aromatic heterocycles. The number of amides is 1. The van der Waals surface area contributed by atoms with Crippen molar-refractivity contribution in [2.45, 2.75) is 13.3 Å². The summed E-state index contributed by atoms with van der Waals surface area (Å²) in [4.78, 5) is 26.7. The van der Waals surface area contributed by atoms with Gasteiger partial charge in [0.15, 0.2) is 0 Å². The number of nitro groups is 1. The number of non-ortho nitro benzene ring substituents is 1. The number of hydrogen-bond donors (Lipinski definition) is 0. The van der Waals surface area contributed by atoms with E-state index in [9.17, 15) is 14.9 Å². The van der Waals surface area contributed by atoms with E-state index in [0.717, 1.165) is 17.7 Å². The molecular weight excluding hydrogens is 342 g/mol. The van der Waals surface area contributed by atoms with E-state index in [0.29, 0.717) is 26.2 Å². The molecular formula is C21H23N3O3. The Balaban J connectivity index is 1.54. The highest BCUT2D eigenvalue weighted by atomic mass is 16.6. The van der Waals surface area contributed by atoms with Gasteiger partial charge in [0.05, 0.1) is 4.92 Å². The molecule has 2 aromatic rings. The van der Waals surface area contributed by atoms with Gasteiger partial charge in [0.2, 0.25) is 5.91 Å². The number of hydrogen-bond acceptors (Lipinski definition) is 4. The highest BCUT2D eigenvalue weighted by Crippen LogP contribution is 2.20. The Morgan fingerprint density at radius 2 is 1.67 bits per heavy atom. The van der Waals surface area contributed by atoms with E-state index in [-0.39, 0.29) is 11.6 Å². The topological polar surface area (TPSA) is 66.7 Å². The zero-order chi connectivity index (χ0) is 19.2. The molecule has 0 saturated carbocycles. The minimum Gasteiger partial charge on any atom is -0.368 e. The largest absolute Gasteiger partial charge is 0.368 e. The molecule has 6 heteroatoms. The van der Waals surface area contributed by atoms with Crippen LogP contribution in [0.3, 0.4) is 0 Å². The molecule has 0 unspecified atom stereocenters. The summed E-state index contributed by atoms with van der Waals surface area (Å²) in [6.45, 7) is 4.81. The molecule has 0 atom stereocenters. The van der Waals surface area contributed by atoms with Crippen LogP contribution in [0.2, 0.25) is 0 Å². The van der Waals surface area contributed by atoms with Crippen molar-refractivity contribution >= 4 is 23.4 Å². The lowest BCUT2D eigenvalue weighted by molar-refractivity contribution is -0.384. The number of nitrogens with zero attached hydrogens (tertiary/aromatic N) is 3. The molecule has 2 aromatic carbocycles. The monoisotopic (exact) mass is 365 g/mol. The van der Waals surface area contributed by atoms with Gasteiger partial charge in [0.1, 0.15) is 0 Å². The number of nitro benzene ring substituents is 1. The lowest BCUT2D eigenvalue weighted by Gasteiger charge is -2.35. The van der Waals surface area contributed by atoms with Gasteiger partial charge in [-0.15, -0.1) is 0 Å². The molecule has 1 amide bonds. The van der Waals surface area contributed by atoms with Crippen LogP contribution in [0.25, 0.3) is 6.08 Å². The van der Waals surface area contributed by atoms with E-state index in [4.69, 9.17) is 0 Å². The summed E-state index contributed by atoms with van der Waals surface area (Å²) in [6, 6.07) is 14.7. The molecule has 0 spiro atoms. The molecule has 3 rings (SSSR count).